The SMILES string of the molecule is CCCC(C)C(=O)NCC(O)CC(C)(C)C. The van der Waals surface area contributed by atoms with Crippen LogP contribution in [-0.4, -0.2) is 23.7 Å². The zero-order chi connectivity index (χ0) is 12.8. The molecule has 0 bridgehead atoms. The second-order valence-electron chi connectivity index (χ2n) is 5.85. The van der Waals surface area contributed by atoms with Gasteiger partial charge in [-0.2, -0.15) is 0 Å². The minimum absolute atomic E-state index is 0.0480. The van der Waals surface area contributed by atoms with Gasteiger partial charge in [-0.1, -0.05) is 41.0 Å². The molecule has 3 heteroatoms. The van der Waals surface area contributed by atoms with E-state index in [9.17, 15) is 9.90 Å². The highest BCUT2D eigenvalue weighted by molar-refractivity contribution is 5.78. The van der Waals surface area contributed by atoms with Crippen molar-refractivity contribution in [3.05, 3.63) is 0 Å². The number of carbonyl (C=O) groups is 1. The molecule has 2 atom stereocenters. The molecule has 0 aliphatic heterocycles. The van der Waals surface area contributed by atoms with Gasteiger partial charge in [0.1, 0.15) is 0 Å². The first-order valence-corrected chi connectivity index (χ1v) is 6.22. The maximum absolute atomic E-state index is 11.6. The molecule has 3 nitrogen and oxygen atoms in total. The molecule has 0 radical (unpaired) electrons. The fourth-order valence-electron chi connectivity index (χ4n) is 1.74. The highest BCUT2D eigenvalue weighted by atomic mass is 16.3. The Balaban J connectivity index is 3.83. The number of aliphatic hydroxyl groups is 1. The summed E-state index contributed by atoms with van der Waals surface area (Å²) in [6, 6.07) is 0. The van der Waals surface area contributed by atoms with Gasteiger partial charge in [-0.3, -0.25) is 4.79 Å². The van der Waals surface area contributed by atoms with Crippen LogP contribution in [0.5, 0.6) is 0 Å². The van der Waals surface area contributed by atoms with Crippen LogP contribution in [0.2, 0.25) is 0 Å². The summed E-state index contributed by atoms with van der Waals surface area (Å²) in [5, 5.41) is 12.5. The van der Waals surface area contributed by atoms with E-state index in [1.165, 1.54) is 0 Å². The lowest BCUT2D eigenvalue weighted by molar-refractivity contribution is -0.125. The van der Waals surface area contributed by atoms with E-state index in [2.05, 4.69) is 33.0 Å². The molecule has 0 rings (SSSR count). The Morgan fingerprint density at radius 2 is 1.94 bits per heavy atom. The van der Waals surface area contributed by atoms with Gasteiger partial charge in [-0.25, -0.2) is 0 Å². The Bertz CT molecular complexity index is 208. The molecule has 1 amide bonds. The second kappa shape index (κ2) is 6.89. The maximum Gasteiger partial charge on any atom is 0.222 e. The standard InChI is InChI=1S/C13H27NO2/c1-6-7-10(2)12(16)14-9-11(15)8-13(3,4)5/h10-11,15H,6-9H2,1-5H3,(H,14,16). The zero-order valence-electron chi connectivity index (χ0n) is 11.3. The van der Waals surface area contributed by atoms with Crippen molar-refractivity contribution in [1.82, 2.24) is 5.32 Å². The minimum atomic E-state index is -0.447. The summed E-state index contributed by atoms with van der Waals surface area (Å²) in [6.45, 7) is 10.6. The largest absolute Gasteiger partial charge is 0.391 e. The number of rotatable bonds is 6. The van der Waals surface area contributed by atoms with E-state index >= 15 is 0 Å². The third-order valence-electron chi connectivity index (χ3n) is 2.53. The number of hydrogen-bond donors (Lipinski definition) is 2. The molecule has 0 aromatic rings. The second-order valence-corrected chi connectivity index (χ2v) is 5.85. The average molecular weight is 229 g/mol. The lowest BCUT2D eigenvalue weighted by Gasteiger charge is -2.23. The van der Waals surface area contributed by atoms with E-state index in [-0.39, 0.29) is 17.2 Å². The first-order valence-electron chi connectivity index (χ1n) is 6.22. The Morgan fingerprint density at radius 1 is 1.38 bits per heavy atom. The van der Waals surface area contributed by atoms with Crippen LogP contribution in [0.4, 0.5) is 0 Å². The lowest BCUT2D eigenvalue weighted by Crippen LogP contribution is -2.36. The maximum atomic E-state index is 11.6. The van der Waals surface area contributed by atoms with Crippen molar-refractivity contribution in [2.75, 3.05) is 6.54 Å². The van der Waals surface area contributed by atoms with Crippen LogP contribution in [0.25, 0.3) is 0 Å². The van der Waals surface area contributed by atoms with Crippen molar-refractivity contribution in [2.45, 2.75) is 60.0 Å². The van der Waals surface area contributed by atoms with Crippen LogP contribution in [0, 0.1) is 11.3 Å². The van der Waals surface area contributed by atoms with Gasteiger partial charge in [-0.05, 0) is 18.3 Å². The average Bonchev–Trinajstić information content (AvgIpc) is 2.11. The van der Waals surface area contributed by atoms with Crippen LogP contribution >= 0.6 is 0 Å². The molecule has 16 heavy (non-hydrogen) atoms. The van der Waals surface area contributed by atoms with E-state index in [1.807, 2.05) is 6.92 Å². The Morgan fingerprint density at radius 3 is 2.38 bits per heavy atom. The molecule has 2 N–H and O–H groups in total. The smallest absolute Gasteiger partial charge is 0.222 e. The van der Waals surface area contributed by atoms with Gasteiger partial charge in [0, 0.05) is 12.5 Å². The number of amides is 1. The van der Waals surface area contributed by atoms with Crippen LogP contribution in [0.15, 0.2) is 0 Å². The molecule has 96 valence electrons. The van der Waals surface area contributed by atoms with E-state index in [1.54, 1.807) is 0 Å². The fourth-order valence-corrected chi connectivity index (χ4v) is 1.74. The zero-order valence-corrected chi connectivity index (χ0v) is 11.3. The van der Waals surface area contributed by atoms with Gasteiger partial charge in [0.2, 0.25) is 5.91 Å². The van der Waals surface area contributed by atoms with Gasteiger partial charge in [-0.15, -0.1) is 0 Å². The van der Waals surface area contributed by atoms with Gasteiger partial charge in [0.05, 0.1) is 6.10 Å². The van der Waals surface area contributed by atoms with Gasteiger partial charge in [0.25, 0.3) is 0 Å². The highest BCUT2D eigenvalue weighted by Gasteiger charge is 2.18. The predicted octanol–water partition coefficient (Wildman–Crippen LogP) is 2.34. The van der Waals surface area contributed by atoms with Crippen molar-refractivity contribution < 1.29 is 9.90 Å². The molecule has 2 unspecified atom stereocenters. The highest BCUT2D eigenvalue weighted by Crippen LogP contribution is 2.20. The van der Waals surface area contributed by atoms with Crippen LogP contribution < -0.4 is 5.32 Å². The molecular weight excluding hydrogens is 202 g/mol. The number of aliphatic hydroxyl groups excluding tert-OH is 1. The Kier molecular flexibility index (Phi) is 6.65. The van der Waals surface area contributed by atoms with Crippen LogP contribution in [-0.2, 0) is 4.79 Å². The van der Waals surface area contributed by atoms with Crippen molar-refractivity contribution in [3.8, 4) is 0 Å². The van der Waals surface area contributed by atoms with Gasteiger partial charge in [0.15, 0.2) is 0 Å². The monoisotopic (exact) mass is 229 g/mol. The topological polar surface area (TPSA) is 49.3 Å². The van der Waals surface area contributed by atoms with Crippen LogP contribution in [0.3, 0.4) is 0 Å². The van der Waals surface area contributed by atoms with Crippen molar-refractivity contribution >= 4 is 5.91 Å². The van der Waals surface area contributed by atoms with E-state index < -0.39 is 6.10 Å². The number of carbonyl (C=O) groups excluding carboxylic acids is 1. The molecule has 0 fully saturated rings. The first-order chi connectivity index (χ1) is 7.26. The number of nitrogens with one attached hydrogen (secondary N) is 1. The summed E-state index contributed by atoms with van der Waals surface area (Å²) < 4.78 is 0. The van der Waals surface area contributed by atoms with Crippen LogP contribution in [0.1, 0.15) is 53.9 Å². The Hall–Kier alpha value is -0.570. The molecule has 0 aliphatic rings. The quantitative estimate of drug-likeness (QED) is 0.734. The molecule has 0 heterocycles. The van der Waals surface area contributed by atoms with E-state index in [0.29, 0.717) is 13.0 Å². The molecule has 0 saturated carbocycles. The molecule has 0 saturated heterocycles. The summed E-state index contributed by atoms with van der Waals surface area (Å²) in [7, 11) is 0. The summed E-state index contributed by atoms with van der Waals surface area (Å²) in [4.78, 5) is 11.6. The predicted molar refractivity (Wildman–Crippen MR) is 67.2 cm³/mol. The molecule has 0 aromatic heterocycles. The summed E-state index contributed by atoms with van der Waals surface area (Å²) in [5.41, 5.74) is 0.0964. The molecule has 0 aromatic carbocycles. The summed E-state index contributed by atoms with van der Waals surface area (Å²) in [6.07, 6.45) is 2.17. The third-order valence-corrected chi connectivity index (χ3v) is 2.53. The summed E-state index contributed by atoms with van der Waals surface area (Å²) >= 11 is 0. The number of hydrogen-bond acceptors (Lipinski definition) is 2. The van der Waals surface area contributed by atoms with Gasteiger partial charge < -0.3 is 10.4 Å². The lowest BCUT2D eigenvalue weighted by atomic mass is 9.89. The molecule has 0 spiro atoms. The van der Waals surface area contributed by atoms with Gasteiger partial charge >= 0.3 is 0 Å². The normalized spacial score (nSPS) is 15.6. The molecule has 0 aliphatic carbocycles. The van der Waals surface area contributed by atoms with Crippen molar-refractivity contribution in [1.29, 1.82) is 0 Å². The van der Waals surface area contributed by atoms with Crippen molar-refractivity contribution in [2.24, 2.45) is 11.3 Å². The first kappa shape index (κ1) is 15.4. The Labute approximate surface area is 99.6 Å². The van der Waals surface area contributed by atoms with E-state index in [0.717, 1.165) is 12.8 Å². The minimum Gasteiger partial charge on any atom is -0.391 e. The summed E-state index contributed by atoms with van der Waals surface area (Å²) in [5.74, 6) is 0.0987. The van der Waals surface area contributed by atoms with E-state index in [4.69, 9.17) is 0 Å². The molecular formula is C13H27NO2. The third kappa shape index (κ3) is 7.69. The van der Waals surface area contributed by atoms with Crippen molar-refractivity contribution in [3.63, 3.8) is 0 Å². The fraction of sp³-hybridized carbons (Fsp3) is 0.923.